The lowest BCUT2D eigenvalue weighted by Crippen LogP contribution is -2.30. The van der Waals surface area contributed by atoms with Gasteiger partial charge in [0.15, 0.2) is 0 Å². The maximum Gasteiger partial charge on any atom is 0.435 e. The van der Waals surface area contributed by atoms with Gasteiger partial charge in [-0.15, -0.1) is 0 Å². The van der Waals surface area contributed by atoms with Gasteiger partial charge in [-0.2, -0.15) is 15.0 Å². The third kappa shape index (κ3) is 4.73. The number of aromatic nitrogens is 2. The van der Waals surface area contributed by atoms with Crippen molar-refractivity contribution in [3.8, 4) is 6.07 Å². The number of anilines is 1. The minimum Gasteiger partial charge on any atom is -0.442 e. The Morgan fingerprint density at radius 2 is 1.96 bits per heavy atom. The molecule has 1 amide bonds. The molecule has 2 aromatic rings. The van der Waals surface area contributed by atoms with Crippen molar-refractivity contribution in [3.05, 3.63) is 46.8 Å². The third-order valence-electron chi connectivity index (χ3n) is 3.87. The molecule has 142 valence electrons. The first-order valence-corrected chi connectivity index (χ1v) is 8.60. The lowest BCUT2D eigenvalue weighted by molar-refractivity contribution is -0.116. The Labute approximate surface area is 159 Å². The number of nitrogens with zero attached hydrogens (tertiary/aromatic N) is 4. The Morgan fingerprint density at radius 3 is 2.52 bits per heavy atom. The zero-order chi connectivity index (χ0) is 20.4. The minimum atomic E-state index is -0.651. The van der Waals surface area contributed by atoms with E-state index in [2.05, 4.69) is 11.2 Å². The van der Waals surface area contributed by atoms with E-state index < -0.39 is 11.7 Å². The maximum absolute atomic E-state index is 12.4. The summed E-state index contributed by atoms with van der Waals surface area (Å²) >= 11 is 0. The van der Waals surface area contributed by atoms with E-state index in [1.807, 2.05) is 6.07 Å². The van der Waals surface area contributed by atoms with Gasteiger partial charge in [0, 0.05) is 6.92 Å². The lowest BCUT2D eigenvalue weighted by Gasteiger charge is -2.22. The van der Waals surface area contributed by atoms with E-state index in [1.54, 1.807) is 57.7 Å². The molecule has 2 rings (SSSR count). The fourth-order valence-electron chi connectivity index (χ4n) is 2.78. The number of amides is 1. The van der Waals surface area contributed by atoms with Crippen LogP contribution in [0.5, 0.6) is 0 Å². The topological polar surface area (TPSA) is 88.2 Å². The van der Waals surface area contributed by atoms with Gasteiger partial charge in [-0.05, 0) is 52.3 Å². The normalized spacial score (nSPS) is 11.0. The molecule has 0 bridgehead atoms. The van der Waals surface area contributed by atoms with Gasteiger partial charge < -0.3 is 9.64 Å². The van der Waals surface area contributed by atoms with Crippen LogP contribution in [-0.2, 0) is 16.1 Å². The first-order valence-electron chi connectivity index (χ1n) is 8.60. The van der Waals surface area contributed by atoms with Crippen LogP contribution >= 0.6 is 0 Å². The molecule has 27 heavy (non-hydrogen) atoms. The van der Waals surface area contributed by atoms with Crippen molar-refractivity contribution in [2.75, 3.05) is 4.90 Å². The van der Waals surface area contributed by atoms with Gasteiger partial charge in [-0.25, -0.2) is 4.79 Å². The highest BCUT2D eigenvalue weighted by molar-refractivity contribution is 5.93. The molecule has 0 fully saturated rings. The zero-order valence-electron chi connectivity index (χ0n) is 16.5. The largest absolute Gasteiger partial charge is 0.442 e. The van der Waals surface area contributed by atoms with Crippen LogP contribution in [0, 0.1) is 25.2 Å². The van der Waals surface area contributed by atoms with Crippen LogP contribution in [0.3, 0.4) is 0 Å². The molecule has 7 nitrogen and oxygen atoms in total. The van der Waals surface area contributed by atoms with Crippen molar-refractivity contribution >= 4 is 17.7 Å². The number of aryl methyl sites for hydroxylation is 1. The predicted octanol–water partition coefficient (Wildman–Crippen LogP) is 3.71. The SMILES string of the molecule is CC(=O)N(Cc1cccc(C#N)c1)c1c(C)nn(C(=O)OC(C)(C)C)c1C. The van der Waals surface area contributed by atoms with Gasteiger partial charge in [-0.3, -0.25) is 4.79 Å². The van der Waals surface area contributed by atoms with Gasteiger partial charge in [0.1, 0.15) is 5.60 Å². The molecular weight excluding hydrogens is 344 g/mol. The van der Waals surface area contributed by atoms with E-state index in [0.717, 1.165) is 5.56 Å². The van der Waals surface area contributed by atoms with Gasteiger partial charge in [-0.1, -0.05) is 12.1 Å². The van der Waals surface area contributed by atoms with Crippen molar-refractivity contribution < 1.29 is 14.3 Å². The number of hydrogen-bond donors (Lipinski definition) is 0. The predicted molar refractivity (Wildman–Crippen MR) is 101 cm³/mol. The molecule has 0 atom stereocenters. The average molecular weight is 368 g/mol. The molecule has 0 aliphatic rings. The molecular formula is C20H24N4O3. The number of ether oxygens (including phenoxy) is 1. The van der Waals surface area contributed by atoms with Crippen molar-refractivity contribution in [2.45, 2.75) is 53.7 Å². The lowest BCUT2D eigenvalue weighted by atomic mass is 10.1. The second-order valence-electron chi connectivity index (χ2n) is 7.33. The summed E-state index contributed by atoms with van der Waals surface area (Å²) in [6.07, 6.45) is -0.593. The van der Waals surface area contributed by atoms with Crippen molar-refractivity contribution in [2.24, 2.45) is 0 Å². The highest BCUT2D eigenvalue weighted by Gasteiger charge is 2.26. The van der Waals surface area contributed by atoms with E-state index in [4.69, 9.17) is 10.00 Å². The Hall–Kier alpha value is -3.14. The highest BCUT2D eigenvalue weighted by atomic mass is 16.6. The van der Waals surface area contributed by atoms with E-state index >= 15 is 0 Å². The molecule has 0 aliphatic carbocycles. The van der Waals surface area contributed by atoms with Crippen molar-refractivity contribution in [3.63, 3.8) is 0 Å². The van der Waals surface area contributed by atoms with Crippen molar-refractivity contribution in [1.82, 2.24) is 9.78 Å². The summed E-state index contributed by atoms with van der Waals surface area (Å²) in [7, 11) is 0. The monoisotopic (exact) mass is 368 g/mol. The molecule has 0 saturated carbocycles. The molecule has 0 aliphatic heterocycles. The maximum atomic E-state index is 12.4. The molecule has 1 aromatic carbocycles. The van der Waals surface area contributed by atoms with Crippen LogP contribution in [0.2, 0.25) is 0 Å². The Bertz CT molecular complexity index is 916. The fraction of sp³-hybridized carbons (Fsp3) is 0.400. The third-order valence-corrected chi connectivity index (χ3v) is 3.87. The van der Waals surface area contributed by atoms with Crippen LogP contribution in [0.25, 0.3) is 0 Å². The number of rotatable bonds is 3. The molecule has 7 heteroatoms. The summed E-state index contributed by atoms with van der Waals surface area (Å²) < 4.78 is 6.56. The molecule has 0 saturated heterocycles. The summed E-state index contributed by atoms with van der Waals surface area (Å²) in [5, 5.41) is 13.3. The van der Waals surface area contributed by atoms with Crippen molar-refractivity contribution in [1.29, 1.82) is 5.26 Å². The van der Waals surface area contributed by atoms with Crippen LogP contribution in [0.1, 0.15) is 50.2 Å². The average Bonchev–Trinajstić information content (AvgIpc) is 2.86. The van der Waals surface area contributed by atoms with Crippen LogP contribution in [0.4, 0.5) is 10.5 Å². The fourth-order valence-corrected chi connectivity index (χ4v) is 2.78. The van der Waals surface area contributed by atoms with Crippen LogP contribution in [-0.4, -0.2) is 27.4 Å². The quantitative estimate of drug-likeness (QED) is 0.824. The van der Waals surface area contributed by atoms with E-state index in [-0.39, 0.29) is 12.5 Å². The summed E-state index contributed by atoms with van der Waals surface area (Å²) in [6, 6.07) is 9.15. The highest BCUT2D eigenvalue weighted by Crippen LogP contribution is 2.27. The molecule has 0 radical (unpaired) electrons. The number of benzene rings is 1. The van der Waals surface area contributed by atoms with E-state index in [1.165, 1.54) is 11.6 Å². The molecule has 0 spiro atoms. The first kappa shape index (κ1) is 20.2. The summed E-state index contributed by atoms with van der Waals surface area (Å²) in [4.78, 5) is 26.3. The van der Waals surface area contributed by atoms with Gasteiger partial charge >= 0.3 is 6.09 Å². The minimum absolute atomic E-state index is 0.188. The number of carbonyl (C=O) groups excluding carboxylic acids is 2. The zero-order valence-corrected chi connectivity index (χ0v) is 16.5. The smallest absolute Gasteiger partial charge is 0.435 e. The first-order chi connectivity index (χ1) is 12.5. The Kier molecular flexibility index (Phi) is 5.69. The van der Waals surface area contributed by atoms with Gasteiger partial charge in [0.25, 0.3) is 0 Å². The summed E-state index contributed by atoms with van der Waals surface area (Å²) in [5.41, 5.74) is 2.32. The van der Waals surface area contributed by atoms with Crippen LogP contribution < -0.4 is 4.90 Å². The van der Waals surface area contributed by atoms with Gasteiger partial charge in [0.2, 0.25) is 5.91 Å². The molecule has 1 heterocycles. The van der Waals surface area contributed by atoms with E-state index in [9.17, 15) is 9.59 Å². The Morgan fingerprint density at radius 1 is 1.30 bits per heavy atom. The molecule has 0 unspecified atom stereocenters. The Balaban J connectivity index is 2.42. The number of carbonyl (C=O) groups is 2. The van der Waals surface area contributed by atoms with E-state index in [0.29, 0.717) is 22.6 Å². The standard InChI is InChI=1S/C20H24N4O3/c1-13-18(14(2)24(22-13)19(26)27-20(4,5)6)23(15(3)25)12-17-9-7-8-16(10-17)11-21/h7-10H,12H2,1-6H3. The summed E-state index contributed by atoms with van der Waals surface area (Å²) in [6.45, 7) is 10.5. The molecule has 0 N–H and O–H groups in total. The number of hydrogen-bond acceptors (Lipinski definition) is 5. The second-order valence-corrected chi connectivity index (χ2v) is 7.33. The summed E-state index contributed by atoms with van der Waals surface area (Å²) in [5.74, 6) is -0.188. The number of nitriles is 1. The molecule has 1 aromatic heterocycles. The van der Waals surface area contributed by atoms with Gasteiger partial charge in [0.05, 0.1) is 35.3 Å². The van der Waals surface area contributed by atoms with Crippen LogP contribution in [0.15, 0.2) is 24.3 Å². The second kappa shape index (κ2) is 7.62.